The van der Waals surface area contributed by atoms with Gasteiger partial charge in [-0.05, 0) is 86.3 Å². The van der Waals surface area contributed by atoms with Crippen LogP contribution >= 0.6 is 0 Å². The molecule has 2 fully saturated rings. The van der Waals surface area contributed by atoms with Crippen LogP contribution in [0.1, 0.15) is 104 Å². The number of rotatable bonds is 6. The Balaban J connectivity index is 1.39. The highest BCUT2D eigenvalue weighted by atomic mass is 19.3. The molecule has 3 nitrogen and oxygen atoms in total. The molecule has 2 heterocycles. The number of carbonyl (C=O) groups excluding carboxylic acids is 1. The monoisotopic (exact) mass is 527 g/mol. The Bertz CT molecular complexity index is 1400. The van der Waals surface area contributed by atoms with Crippen molar-refractivity contribution in [2.24, 2.45) is 23.1 Å². The minimum Gasteiger partial charge on any atom is -0.337 e. The van der Waals surface area contributed by atoms with Gasteiger partial charge in [0.25, 0.3) is 5.92 Å². The van der Waals surface area contributed by atoms with Crippen LogP contribution < -0.4 is 0 Å². The summed E-state index contributed by atoms with van der Waals surface area (Å²) in [5.74, 6) is -6.59. The van der Waals surface area contributed by atoms with Gasteiger partial charge in [0.05, 0.1) is 5.41 Å². The van der Waals surface area contributed by atoms with Crippen molar-refractivity contribution in [1.29, 1.82) is 0 Å². The number of pyridine rings is 1. The first-order valence-electron chi connectivity index (χ1n) is 17.3. The minimum atomic E-state index is -3.27. The van der Waals surface area contributed by atoms with Gasteiger partial charge in [-0.1, -0.05) is 55.7 Å². The van der Waals surface area contributed by atoms with Crippen molar-refractivity contribution in [3.63, 3.8) is 0 Å². The minimum absolute atomic E-state index is 0.00397. The number of benzene rings is 1. The Morgan fingerprint density at radius 3 is 2.68 bits per heavy atom. The van der Waals surface area contributed by atoms with Crippen LogP contribution in [0, 0.1) is 23.1 Å². The Kier molecular flexibility index (Phi) is 5.59. The quantitative estimate of drug-likeness (QED) is 0.379. The third-order valence-corrected chi connectivity index (χ3v) is 8.92. The molecule has 5 rings (SSSR count). The molecule has 0 saturated heterocycles. The second-order valence-electron chi connectivity index (χ2n) is 11.7. The van der Waals surface area contributed by atoms with E-state index in [2.05, 4.69) is 23.2 Å². The van der Waals surface area contributed by atoms with E-state index in [-0.39, 0.29) is 43.8 Å². The summed E-state index contributed by atoms with van der Waals surface area (Å²) in [5, 5.41) is 0. The molecule has 1 aliphatic heterocycles. The average molecular weight is 528 g/mol. The zero-order valence-electron chi connectivity index (χ0n) is 29.1. The number of amides is 1. The molecule has 204 valence electrons. The summed E-state index contributed by atoms with van der Waals surface area (Å²) in [7, 11) is 0. The van der Waals surface area contributed by atoms with Gasteiger partial charge in [-0.2, -0.15) is 0 Å². The Morgan fingerprint density at radius 1 is 1.21 bits per heavy atom. The van der Waals surface area contributed by atoms with E-state index in [1.807, 2.05) is 18.2 Å². The fourth-order valence-corrected chi connectivity index (χ4v) is 6.70. The number of hydrogen-bond donors (Lipinski definition) is 0. The van der Waals surface area contributed by atoms with Crippen molar-refractivity contribution in [2.45, 2.75) is 90.9 Å². The van der Waals surface area contributed by atoms with E-state index in [4.69, 9.17) is 8.22 Å². The highest BCUT2D eigenvalue weighted by Crippen LogP contribution is 2.51. The fraction of sp³-hybridized carbons (Fsp3) is 0.576. The number of carbonyl (C=O) groups is 1. The molecule has 2 saturated carbocycles. The predicted molar refractivity (Wildman–Crippen MR) is 149 cm³/mol. The predicted octanol–water partition coefficient (Wildman–Crippen LogP) is 8.18. The molecule has 2 aromatic rings. The van der Waals surface area contributed by atoms with E-state index in [1.165, 1.54) is 22.1 Å². The van der Waals surface area contributed by atoms with Gasteiger partial charge in [0, 0.05) is 53.5 Å². The normalized spacial score (nSPS) is 29.6. The molecule has 0 bridgehead atoms. The van der Waals surface area contributed by atoms with Crippen LogP contribution in [-0.2, 0) is 23.7 Å². The van der Waals surface area contributed by atoms with Crippen LogP contribution in [-0.4, -0.2) is 22.3 Å². The third-order valence-electron chi connectivity index (χ3n) is 8.92. The smallest absolute Gasteiger partial charge is 0.272 e. The van der Waals surface area contributed by atoms with Gasteiger partial charge < -0.3 is 4.90 Å². The van der Waals surface area contributed by atoms with Gasteiger partial charge >= 0.3 is 0 Å². The largest absolute Gasteiger partial charge is 0.337 e. The molecule has 1 aromatic carbocycles. The summed E-state index contributed by atoms with van der Waals surface area (Å²) < 4.78 is 87.2. The van der Waals surface area contributed by atoms with E-state index in [0.717, 1.165) is 45.2 Å². The number of alkyl halides is 2. The van der Waals surface area contributed by atoms with Crippen molar-refractivity contribution >= 4 is 12.0 Å². The zero-order valence-corrected chi connectivity index (χ0v) is 22.1. The van der Waals surface area contributed by atoms with Gasteiger partial charge in [0.1, 0.15) is 0 Å². The highest BCUT2D eigenvalue weighted by molar-refractivity contribution is 5.83. The standard InChI is InChI=1S/C33H42F2N2O/c1-23(2)33(31(38)37-16-14-30-28(22-37)19-29(21-36-30)32(3,34)35)15-13-27(20-33)18-26-11-9-25(10-12-26)17-24-7-5-4-6-8-24/h4-8,17,19,21,23,26-27H,9-16,18,20,22H2,1-3H3/t26?,27-,33-/m0/s1/i1D3,2D3,23D. The summed E-state index contributed by atoms with van der Waals surface area (Å²) in [6, 6.07) is 11.5. The second-order valence-corrected chi connectivity index (χ2v) is 11.7. The Hall–Kier alpha value is -2.56. The molecule has 0 radical (unpaired) electrons. The molecule has 2 atom stereocenters. The van der Waals surface area contributed by atoms with E-state index >= 15 is 0 Å². The molecule has 0 spiro atoms. The number of halogens is 2. The van der Waals surface area contributed by atoms with E-state index in [1.54, 1.807) is 0 Å². The van der Waals surface area contributed by atoms with Crippen LogP contribution in [0.5, 0.6) is 0 Å². The van der Waals surface area contributed by atoms with Gasteiger partial charge in [0.2, 0.25) is 5.91 Å². The van der Waals surface area contributed by atoms with Crippen molar-refractivity contribution < 1.29 is 23.2 Å². The molecule has 0 N–H and O–H groups in total. The maximum absolute atomic E-state index is 14.5. The van der Waals surface area contributed by atoms with Gasteiger partial charge in [0.15, 0.2) is 0 Å². The van der Waals surface area contributed by atoms with Crippen molar-refractivity contribution in [3.8, 4) is 0 Å². The molecular weight excluding hydrogens is 478 g/mol. The van der Waals surface area contributed by atoms with Crippen LogP contribution in [0.3, 0.4) is 0 Å². The zero-order chi connectivity index (χ0) is 32.8. The summed E-state index contributed by atoms with van der Waals surface area (Å²) in [4.78, 5) is 20.1. The molecule has 5 heteroatoms. The first-order valence-corrected chi connectivity index (χ1v) is 13.8. The number of allylic oxidation sites excluding steroid dienone is 1. The van der Waals surface area contributed by atoms with E-state index in [0.29, 0.717) is 23.6 Å². The van der Waals surface area contributed by atoms with Gasteiger partial charge in [-0.15, -0.1) is 0 Å². The molecule has 0 unspecified atom stereocenters. The lowest BCUT2D eigenvalue weighted by molar-refractivity contribution is -0.146. The van der Waals surface area contributed by atoms with Crippen LogP contribution in [0.2, 0.25) is 0 Å². The van der Waals surface area contributed by atoms with Gasteiger partial charge in [-0.3, -0.25) is 9.78 Å². The molecule has 2 aliphatic carbocycles. The fourth-order valence-electron chi connectivity index (χ4n) is 6.70. The Labute approximate surface area is 236 Å². The number of aromatic nitrogens is 1. The average Bonchev–Trinajstić information content (AvgIpc) is 3.40. The van der Waals surface area contributed by atoms with E-state index in [9.17, 15) is 14.9 Å². The molecule has 38 heavy (non-hydrogen) atoms. The lowest BCUT2D eigenvalue weighted by atomic mass is 9.72. The highest BCUT2D eigenvalue weighted by Gasteiger charge is 2.49. The van der Waals surface area contributed by atoms with Crippen molar-refractivity contribution in [1.82, 2.24) is 9.88 Å². The lowest BCUT2D eigenvalue weighted by Crippen LogP contribution is -2.47. The summed E-state index contributed by atoms with van der Waals surface area (Å²) in [6.45, 7) is -5.71. The van der Waals surface area contributed by atoms with Crippen molar-refractivity contribution in [3.05, 3.63) is 70.6 Å². The second kappa shape index (κ2) is 10.9. The summed E-state index contributed by atoms with van der Waals surface area (Å²) in [6.07, 6.45) is 8.63. The summed E-state index contributed by atoms with van der Waals surface area (Å²) in [5.41, 5.74) is 1.29. The number of fused-ring (bicyclic) bond motifs is 1. The maximum atomic E-state index is 14.5. The molecule has 1 amide bonds. The first-order chi connectivity index (χ1) is 20.9. The molecule has 3 aliphatic rings. The maximum Gasteiger partial charge on any atom is 0.272 e. The molecule has 1 aromatic heterocycles. The number of nitrogens with zero attached hydrogens (tertiary/aromatic N) is 2. The van der Waals surface area contributed by atoms with Crippen LogP contribution in [0.4, 0.5) is 8.78 Å². The Morgan fingerprint density at radius 2 is 1.97 bits per heavy atom. The molecular formula is C33H42F2N2O. The van der Waals surface area contributed by atoms with E-state index < -0.39 is 36.8 Å². The lowest BCUT2D eigenvalue weighted by Gasteiger charge is -2.40. The first kappa shape index (κ1) is 19.5. The number of hydrogen-bond acceptors (Lipinski definition) is 2. The van der Waals surface area contributed by atoms with Crippen molar-refractivity contribution in [2.75, 3.05) is 6.54 Å². The summed E-state index contributed by atoms with van der Waals surface area (Å²) >= 11 is 0. The topological polar surface area (TPSA) is 33.2 Å². The van der Waals surface area contributed by atoms with Crippen LogP contribution in [0.15, 0.2) is 48.2 Å². The SMILES string of the molecule is [2H]C([2H])([2H])C([2H])(C([2H])([2H])[2H])[C@]1(C(=O)N2CCc3ncc(C(C)(F)F)cc3C2)CC[C@@H](CC2CCC(=Cc3ccccc3)CC2)C1. The van der Waals surface area contributed by atoms with Crippen LogP contribution in [0.25, 0.3) is 6.08 Å². The third kappa shape index (κ3) is 5.72. The van der Waals surface area contributed by atoms with Gasteiger partial charge in [-0.25, -0.2) is 8.78 Å².